The molecule has 0 radical (unpaired) electrons. The van der Waals surface area contributed by atoms with Crippen LogP contribution in [0.1, 0.15) is 44.9 Å². The van der Waals surface area contributed by atoms with Gasteiger partial charge in [0.2, 0.25) is 0 Å². The average molecular weight is 304 g/mol. The standard InChI is InChI=1S/C13H24N2O2S2/c1-19(16,17)11-6-4-5-10(9-11)15-8-3-2-7-12(15)13(14)18/h10-12H,2-9H2,1H3,(H2,14,18). The molecule has 1 saturated carbocycles. The Bertz CT molecular complexity index is 436. The summed E-state index contributed by atoms with van der Waals surface area (Å²) in [5.74, 6) is 0. The molecule has 110 valence electrons. The van der Waals surface area contributed by atoms with Crippen molar-refractivity contribution < 1.29 is 8.42 Å². The number of sulfone groups is 1. The van der Waals surface area contributed by atoms with Gasteiger partial charge in [-0.25, -0.2) is 8.42 Å². The number of nitrogens with zero attached hydrogens (tertiary/aromatic N) is 1. The number of hydrogen-bond donors (Lipinski definition) is 1. The zero-order valence-corrected chi connectivity index (χ0v) is 13.2. The van der Waals surface area contributed by atoms with E-state index in [0.717, 1.165) is 38.6 Å². The van der Waals surface area contributed by atoms with Crippen molar-refractivity contribution in [1.82, 2.24) is 4.90 Å². The van der Waals surface area contributed by atoms with E-state index in [1.165, 1.54) is 19.1 Å². The van der Waals surface area contributed by atoms with E-state index in [2.05, 4.69) is 4.90 Å². The number of rotatable bonds is 3. The van der Waals surface area contributed by atoms with Crippen LogP contribution in [0, 0.1) is 0 Å². The van der Waals surface area contributed by atoms with E-state index in [-0.39, 0.29) is 11.3 Å². The lowest BCUT2D eigenvalue weighted by Gasteiger charge is -2.43. The molecule has 2 N–H and O–H groups in total. The van der Waals surface area contributed by atoms with E-state index < -0.39 is 9.84 Å². The number of thiocarbonyl (C=S) groups is 1. The maximum absolute atomic E-state index is 11.8. The van der Waals surface area contributed by atoms with Crippen molar-refractivity contribution >= 4 is 27.0 Å². The fourth-order valence-electron chi connectivity index (χ4n) is 3.51. The highest BCUT2D eigenvalue weighted by molar-refractivity contribution is 7.91. The smallest absolute Gasteiger partial charge is 0.150 e. The largest absolute Gasteiger partial charge is 0.392 e. The fourth-order valence-corrected chi connectivity index (χ4v) is 4.93. The molecule has 1 aliphatic carbocycles. The molecule has 19 heavy (non-hydrogen) atoms. The lowest BCUT2D eigenvalue weighted by molar-refractivity contribution is 0.106. The minimum absolute atomic E-state index is 0.173. The SMILES string of the molecule is CS(=O)(=O)C1CCCC(N2CCCCC2C(N)=S)C1. The summed E-state index contributed by atoms with van der Waals surface area (Å²) in [7, 11) is -2.93. The molecule has 2 rings (SSSR count). The summed E-state index contributed by atoms with van der Waals surface area (Å²) in [6.07, 6.45) is 8.34. The van der Waals surface area contributed by atoms with E-state index in [1.807, 2.05) is 0 Å². The molecule has 0 amide bonds. The van der Waals surface area contributed by atoms with Gasteiger partial charge in [-0.05, 0) is 38.6 Å². The third-order valence-corrected chi connectivity index (χ3v) is 6.46. The van der Waals surface area contributed by atoms with E-state index in [9.17, 15) is 8.42 Å². The van der Waals surface area contributed by atoms with Crippen molar-refractivity contribution in [2.24, 2.45) is 5.73 Å². The van der Waals surface area contributed by atoms with Gasteiger partial charge < -0.3 is 5.73 Å². The Kier molecular flexibility index (Phi) is 4.84. The molecular formula is C13H24N2O2S2. The Hall–Kier alpha value is -0.200. The van der Waals surface area contributed by atoms with Crippen LogP contribution in [0.3, 0.4) is 0 Å². The van der Waals surface area contributed by atoms with Crippen LogP contribution in [-0.4, -0.2) is 48.4 Å². The quantitative estimate of drug-likeness (QED) is 0.800. The third-order valence-electron chi connectivity index (χ3n) is 4.55. The van der Waals surface area contributed by atoms with E-state index in [1.54, 1.807) is 0 Å². The van der Waals surface area contributed by atoms with Crippen molar-refractivity contribution in [1.29, 1.82) is 0 Å². The van der Waals surface area contributed by atoms with Crippen LogP contribution in [-0.2, 0) is 9.84 Å². The van der Waals surface area contributed by atoms with Crippen LogP contribution in [0.5, 0.6) is 0 Å². The molecule has 0 aromatic heterocycles. The van der Waals surface area contributed by atoms with Crippen molar-refractivity contribution in [3.8, 4) is 0 Å². The lowest BCUT2D eigenvalue weighted by atomic mass is 9.90. The molecule has 1 aliphatic heterocycles. The van der Waals surface area contributed by atoms with Crippen LogP contribution >= 0.6 is 12.2 Å². The Morgan fingerprint density at radius 3 is 2.58 bits per heavy atom. The molecule has 0 aromatic rings. The summed E-state index contributed by atoms with van der Waals surface area (Å²) in [5, 5.41) is -0.180. The van der Waals surface area contributed by atoms with Crippen LogP contribution < -0.4 is 5.73 Å². The van der Waals surface area contributed by atoms with E-state index >= 15 is 0 Å². The first kappa shape index (κ1) is 15.2. The molecule has 0 aromatic carbocycles. The van der Waals surface area contributed by atoms with Gasteiger partial charge in [-0.3, -0.25) is 4.90 Å². The van der Waals surface area contributed by atoms with E-state index in [4.69, 9.17) is 18.0 Å². The number of piperidine rings is 1. The zero-order chi connectivity index (χ0) is 14.0. The second-order valence-electron chi connectivity index (χ2n) is 5.92. The molecule has 2 aliphatic rings. The van der Waals surface area contributed by atoms with Gasteiger partial charge in [0.15, 0.2) is 0 Å². The summed E-state index contributed by atoms with van der Waals surface area (Å²) in [5.41, 5.74) is 5.86. The highest BCUT2D eigenvalue weighted by Gasteiger charge is 2.36. The molecule has 0 spiro atoms. The summed E-state index contributed by atoms with van der Waals surface area (Å²) in [4.78, 5) is 2.95. The third kappa shape index (κ3) is 3.67. The molecule has 1 heterocycles. The molecule has 2 fully saturated rings. The number of hydrogen-bond acceptors (Lipinski definition) is 4. The maximum Gasteiger partial charge on any atom is 0.150 e. The topological polar surface area (TPSA) is 63.4 Å². The molecule has 3 atom stereocenters. The lowest BCUT2D eigenvalue weighted by Crippen LogP contribution is -2.53. The monoisotopic (exact) mass is 304 g/mol. The minimum Gasteiger partial charge on any atom is -0.392 e. The Morgan fingerprint density at radius 1 is 1.21 bits per heavy atom. The van der Waals surface area contributed by atoms with Gasteiger partial charge in [-0.15, -0.1) is 0 Å². The average Bonchev–Trinajstić information content (AvgIpc) is 2.38. The van der Waals surface area contributed by atoms with Gasteiger partial charge in [0.25, 0.3) is 0 Å². The number of likely N-dealkylation sites (tertiary alicyclic amines) is 1. The maximum atomic E-state index is 11.8. The molecule has 1 saturated heterocycles. The van der Waals surface area contributed by atoms with Gasteiger partial charge in [0, 0.05) is 12.3 Å². The first-order chi connectivity index (χ1) is 8.89. The Morgan fingerprint density at radius 2 is 1.95 bits per heavy atom. The molecule has 3 unspecified atom stereocenters. The Labute approximate surface area is 121 Å². The minimum atomic E-state index is -2.93. The van der Waals surface area contributed by atoms with Crippen molar-refractivity contribution in [2.45, 2.75) is 62.3 Å². The van der Waals surface area contributed by atoms with Crippen molar-refractivity contribution in [3.05, 3.63) is 0 Å². The predicted molar refractivity (Wildman–Crippen MR) is 82.0 cm³/mol. The van der Waals surface area contributed by atoms with Crippen molar-refractivity contribution in [3.63, 3.8) is 0 Å². The normalized spacial score (nSPS) is 34.1. The predicted octanol–water partition coefficient (Wildman–Crippen LogP) is 1.48. The van der Waals surface area contributed by atoms with Crippen LogP contribution in [0.25, 0.3) is 0 Å². The summed E-state index contributed by atoms with van der Waals surface area (Å²) in [6, 6.07) is 0.507. The fraction of sp³-hybridized carbons (Fsp3) is 0.923. The zero-order valence-electron chi connectivity index (χ0n) is 11.5. The molecule has 6 heteroatoms. The second kappa shape index (κ2) is 6.06. The summed E-state index contributed by atoms with van der Waals surface area (Å²) in [6.45, 7) is 1.00. The second-order valence-corrected chi connectivity index (χ2v) is 8.72. The van der Waals surface area contributed by atoms with Crippen LogP contribution in [0.2, 0.25) is 0 Å². The summed E-state index contributed by atoms with van der Waals surface area (Å²) < 4.78 is 23.5. The van der Waals surface area contributed by atoms with Gasteiger partial charge in [0.1, 0.15) is 9.84 Å². The van der Waals surface area contributed by atoms with E-state index in [0.29, 0.717) is 11.0 Å². The molecule has 4 nitrogen and oxygen atoms in total. The molecular weight excluding hydrogens is 280 g/mol. The van der Waals surface area contributed by atoms with Gasteiger partial charge in [-0.2, -0.15) is 0 Å². The van der Waals surface area contributed by atoms with Gasteiger partial charge in [-0.1, -0.05) is 25.1 Å². The summed E-state index contributed by atoms with van der Waals surface area (Å²) >= 11 is 5.18. The first-order valence-corrected chi connectivity index (χ1v) is 9.50. The highest BCUT2D eigenvalue weighted by atomic mass is 32.2. The number of nitrogens with two attached hydrogens (primary N) is 1. The van der Waals surface area contributed by atoms with Gasteiger partial charge >= 0.3 is 0 Å². The van der Waals surface area contributed by atoms with Crippen LogP contribution in [0.4, 0.5) is 0 Å². The Balaban J connectivity index is 2.09. The highest BCUT2D eigenvalue weighted by Crippen LogP contribution is 2.31. The molecule has 0 bridgehead atoms. The van der Waals surface area contributed by atoms with Gasteiger partial charge in [0.05, 0.1) is 16.3 Å². The van der Waals surface area contributed by atoms with Crippen molar-refractivity contribution in [2.75, 3.05) is 12.8 Å². The van der Waals surface area contributed by atoms with Crippen LogP contribution in [0.15, 0.2) is 0 Å². The first-order valence-electron chi connectivity index (χ1n) is 7.13.